The van der Waals surface area contributed by atoms with E-state index in [1.54, 1.807) is 0 Å². The summed E-state index contributed by atoms with van der Waals surface area (Å²) in [6.45, 7) is 3.51. The SMILES string of the molecule is CC1CC(OC(=O)C(N)CO)CC(C)O1. The average molecular weight is 217 g/mol. The van der Waals surface area contributed by atoms with Gasteiger partial charge in [0.05, 0.1) is 18.8 Å². The van der Waals surface area contributed by atoms with E-state index in [4.69, 9.17) is 20.3 Å². The van der Waals surface area contributed by atoms with Crippen molar-refractivity contribution in [3.05, 3.63) is 0 Å². The van der Waals surface area contributed by atoms with Gasteiger partial charge in [-0.1, -0.05) is 0 Å². The van der Waals surface area contributed by atoms with Gasteiger partial charge in [0, 0.05) is 12.8 Å². The molecule has 0 spiro atoms. The quantitative estimate of drug-likeness (QED) is 0.640. The normalized spacial score (nSPS) is 33.5. The lowest BCUT2D eigenvalue weighted by Gasteiger charge is -2.32. The summed E-state index contributed by atoms with van der Waals surface area (Å²) < 4.78 is 10.7. The van der Waals surface area contributed by atoms with Crippen molar-refractivity contribution in [1.29, 1.82) is 0 Å². The lowest BCUT2D eigenvalue weighted by atomic mass is 10.0. The maximum Gasteiger partial charge on any atom is 0.325 e. The fraction of sp³-hybridized carbons (Fsp3) is 0.900. The average Bonchev–Trinajstić information content (AvgIpc) is 2.14. The highest BCUT2D eigenvalue weighted by molar-refractivity contribution is 5.75. The second-order valence-electron chi connectivity index (χ2n) is 4.08. The van der Waals surface area contributed by atoms with Crippen LogP contribution >= 0.6 is 0 Å². The maximum atomic E-state index is 11.3. The van der Waals surface area contributed by atoms with Crippen molar-refractivity contribution in [2.75, 3.05) is 6.61 Å². The topological polar surface area (TPSA) is 81.8 Å². The first-order valence-electron chi connectivity index (χ1n) is 5.25. The van der Waals surface area contributed by atoms with Gasteiger partial charge in [0.2, 0.25) is 0 Å². The third-order valence-electron chi connectivity index (χ3n) is 2.44. The highest BCUT2D eigenvalue weighted by Crippen LogP contribution is 2.21. The Morgan fingerprint density at radius 1 is 1.53 bits per heavy atom. The third-order valence-corrected chi connectivity index (χ3v) is 2.44. The number of carbonyl (C=O) groups is 1. The number of carbonyl (C=O) groups excluding carboxylic acids is 1. The molecule has 1 heterocycles. The van der Waals surface area contributed by atoms with Crippen molar-refractivity contribution >= 4 is 5.97 Å². The Balaban J connectivity index is 2.40. The van der Waals surface area contributed by atoms with E-state index >= 15 is 0 Å². The van der Waals surface area contributed by atoms with Gasteiger partial charge >= 0.3 is 5.97 Å². The number of hydrogen-bond acceptors (Lipinski definition) is 5. The van der Waals surface area contributed by atoms with E-state index < -0.39 is 12.0 Å². The minimum absolute atomic E-state index is 0.0944. The molecule has 3 atom stereocenters. The van der Waals surface area contributed by atoms with Crippen molar-refractivity contribution < 1.29 is 19.4 Å². The summed E-state index contributed by atoms with van der Waals surface area (Å²) in [5.74, 6) is -0.538. The van der Waals surface area contributed by atoms with Gasteiger partial charge in [-0.2, -0.15) is 0 Å². The second kappa shape index (κ2) is 5.44. The molecular weight excluding hydrogens is 198 g/mol. The first-order valence-corrected chi connectivity index (χ1v) is 5.25. The fourth-order valence-electron chi connectivity index (χ4n) is 1.77. The van der Waals surface area contributed by atoms with Crippen LogP contribution in [0.25, 0.3) is 0 Å². The molecule has 0 aromatic carbocycles. The second-order valence-corrected chi connectivity index (χ2v) is 4.08. The molecule has 5 nitrogen and oxygen atoms in total. The maximum absolute atomic E-state index is 11.3. The number of ether oxygens (including phenoxy) is 2. The van der Waals surface area contributed by atoms with Crippen LogP contribution in [0.3, 0.4) is 0 Å². The third kappa shape index (κ3) is 3.77. The molecule has 88 valence electrons. The van der Waals surface area contributed by atoms with Crippen LogP contribution in [0.4, 0.5) is 0 Å². The molecule has 0 saturated carbocycles. The van der Waals surface area contributed by atoms with Crippen LogP contribution in [0, 0.1) is 0 Å². The molecule has 0 aromatic heterocycles. The van der Waals surface area contributed by atoms with Gasteiger partial charge in [0.15, 0.2) is 0 Å². The number of esters is 1. The minimum Gasteiger partial charge on any atom is -0.461 e. The zero-order valence-corrected chi connectivity index (χ0v) is 9.18. The van der Waals surface area contributed by atoms with Gasteiger partial charge in [0.25, 0.3) is 0 Å². The number of hydrogen-bond donors (Lipinski definition) is 2. The van der Waals surface area contributed by atoms with E-state index in [2.05, 4.69) is 0 Å². The summed E-state index contributed by atoms with van der Waals surface area (Å²) in [5, 5.41) is 8.69. The molecule has 0 aromatic rings. The molecule has 0 amide bonds. The van der Waals surface area contributed by atoms with Gasteiger partial charge in [-0.25, -0.2) is 0 Å². The zero-order chi connectivity index (χ0) is 11.4. The summed E-state index contributed by atoms with van der Waals surface area (Å²) in [4.78, 5) is 11.3. The Morgan fingerprint density at radius 2 is 2.07 bits per heavy atom. The number of rotatable bonds is 3. The van der Waals surface area contributed by atoms with Gasteiger partial charge in [-0.15, -0.1) is 0 Å². The Kier molecular flexibility index (Phi) is 4.50. The predicted octanol–water partition coefficient (Wildman–Crippen LogP) is -0.195. The lowest BCUT2D eigenvalue weighted by Crippen LogP contribution is -2.41. The van der Waals surface area contributed by atoms with Crippen LogP contribution in [0.2, 0.25) is 0 Å². The standard InChI is InChI=1S/C10H19NO4/c1-6-3-8(4-7(2)14-6)15-10(13)9(11)5-12/h6-9,12H,3-5,11H2,1-2H3. The molecule has 5 heteroatoms. The molecule has 1 aliphatic heterocycles. The first-order chi connectivity index (χ1) is 7.02. The van der Waals surface area contributed by atoms with E-state index in [0.29, 0.717) is 12.8 Å². The Bertz CT molecular complexity index is 211. The van der Waals surface area contributed by atoms with E-state index in [1.165, 1.54) is 0 Å². The highest BCUT2D eigenvalue weighted by atomic mass is 16.6. The molecule has 1 rings (SSSR count). The van der Waals surface area contributed by atoms with E-state index in [9.17, 15) is 4.79 Å². The van der Waals surface area contributed by atoms with Crippen molar-refractivity contribution in [2.24, 2.45) is 5.73 Å². The summed E-state index contributed by atoms with van der Waals surface area (Å²) in [7, 11) is 0. The molecule has 1 fully saturated rings. The zero-order valence-electron chi connectivity index (χ0n) is 9.18. The van der Waals surface area contributed by atoms with Crippen LogP contribution in [-0.4, -0.2) is 42.0 Å². The summed E-state index contributed by atoms with van der Waals surface area (Å²) in [6.07, 6.45) is 1.42. The molecule has 1 aliphatic rings. The van der Waals surface area contributed by atoms with Gasteiger partial charge < -0.3 is 20.3 Å². The lowest BCUT2D eigenvalue weighted by molar-refractivity contribution is -0.162. The van der Waals surface area contributed by atoms with Crippen molar-refractivity contribution in [1.82, 2.24) is 0 Å². The summed E-state index contributed by atoms with van der Waals surface area (Å²) in [5.41, 5.74) is 5.35. The summed E-state index contributed by atoms with van der Waals surface area (Å²) >= 11 is 0. The van der Waals surface area contributed by atoms with E-state index in [0.717, 1.165) is 0 Å². The van der Waals surface area contributed by atoms with Crippen molar-refractivity contribution in [3.8, 4) is 0 Å². The van der Waals surface area contributed by atoms with Crippen molar-refractivity contribution in [2.45, 2.75) is 51.0 Å². The number of aliphatic hydroxyl groups excluding tert-OH is 1. The minimum atomic E-state index is -0.932. The molecule has 0 aliphatic carbocycles. The van der Waals surface area contributed by atoms with Gasteiger partial charge in [-0.05, 0) is 13.8 Å². The summed E-state index contributed by atoms with van der Waals surface area (Å²) in [6, 6.07) is -0.932. The first kappa shape index (κ1) is 12.4. The van der Waals surface area contributed by atoms with E-state index in [-0.39, 0.29) is 24.9 Å². The van der Waals surface area contributed by atoms with Crippen LogP contribution in [0.1, 0.15) is 26.7 Å². The molecule has 0 radical (unpaired) electrons. The van der Waals surface area contributed by atoms with Gasteiger partial charge in [-0.3, -0.25) is 4.79 Å². The van der Waals surface area contributed by atoms with Crippen LogP contribution < -0.4 is 5.73 Å². The molecule has 3 N–H and O–H groups in total. The smallest absolute Gasteiger partial charge is 0.325 e. The largest absolute Gasteiger partial charge is 0.461 e. The fourth-order valence-corrected chi connectivity index (χ4v) is 1.77. The Hall–Kier alpha value is -0.650. The molecule has 3 unspecified atom stereocenters. The Labute approximate surface area is 89.5 Å². The molecule has 15 heavy (non-hydrogen) atoms. The predicted molar refractivity (Wildman–Crippen MR) is 54.2 cm³/mol. The van der Waals surface area contributed by atoms with Crippen LogP contribution in [0.5, 0.6) is 0 Å². The van der Waals surface area contributed by atoms with Gasteiger partial charge in [0.1, 0.15) is 12.1 Å². The highest BCUT2D eigenvalue weighted by Gasteiger charge is 2.28. The van der Waals surface area contributed by atoms with Crippen LogP contribution in [-0.2, 0) is 14.3 Å². The Morgan fingerprint density at radius 3 is 2.53 bits per heavy atom. The van der Waals surface area contributed by atoms with E-state index in [1.807, 2.05) is 13.8 Å². The van der Waals surface area contributed by atoms with Crippen LogP contribution in [0.15, 0.2) is 0 Å². The number of aliphatic hydroxyl groups is 1. The number of nitrogens with two attached hydrogens (primary N) is 1. The molecular formula is C10H19NO4. The monoisotopic (exact) mass is 217 g/mol. The molecule has 1 saturated heterocycles. The molecule has 0 bridgehead atoms. The van der Waals surface area contributed by atoms with Crippen molar-refractivity contribution in [3.63, 3.8) is 0 Å².